The van der Waals surface area contributed by atoms with Crippen molar-refractivity contribution >= 4 is 30.9 Å². The summed E-state index contributed by atoms with van der Waals surface area (Å²) >= 11 is 0. The Morgan fingerprint density at radius 3 is 2.06 bits per heavy atom. The first kappa shape index (κ1) is 11.8. The third kappa shape index (κ3) is 1.74. The molecule has 0 bridgehead atoms. The molecule has 88 valence electrons. The van der Waals surface area contributed by atoms with Crippen LogP contribution in [-0.2, 0) is 0 Å². The first-order valence-electron chi connectivity index (χ1n) is 5.88. The van der Waals surface area contributed by atoms with Crippen molar-refractivity contribution in [2.75, 3.05) is 0 Å². The lowest BCUT2D eigenvalue weighted by molar-refractivity contribution is 1.07. The largest absolute Gasteiger partial charge is 0.262 e. The van der Waals surface area contributed by atoms with Gasteiger partial charge in [0.1, 0.15) is 0 Å². The SMILES string of the molecule is C=Cc1c(N=C)c(N=C)c(C)c(C)c1C1CC1. The summed E-state index contributed by atoms with van der Waals surface area (Å²) in [6, 6.07) is 0. The van der Waals surface area contributed by atoms with Crippen LogP contribution in [0.5, 0.6) is 0 Å². The summed E-state index contributed by atoms with van der Waals surface area (Å²) < 4.78 is 0. The Morgan fingerprint density at radius 1 is 1.06 bits per heavy atom. The van der Waals surface area contributed by atoms with E-state index in [0.29, 0.717) is 5.92 Å². The fraction of sp³-hybridized carbons (Fsp3) is 0.333. The van der Waals surface area contributed by atoms with Crippen LogP contribution in [-0.4, -0.2) is 13.4 Å². The summed E-state index contributed by atoms with van der Waals surface area (Å²) in [6.07, 6.45) is 4.40. The van der Waals surface area contributed by atoms with Gasteiger partial charge in [0.15, 0.2) is 0 Å². The number of hydrogen-bond acceptors (Lipinski definition) is 2. The van der Waals surface area contributed by atoms with E-state index in [4.69, 9.17) is 0 Å². The van der Waals surface area contributed by atoms with Crippen LogP contribution in [0.2, 0.25) is 0 Å². The van der Waals surface area contributed by atoms with Gasteiger partial charge < -0.3 is 0 Å². The molecule has 0 aliphatic heterocycles. The highest BCUT2D eigenvalue weighted by Gasteiger charge is 2.30. The van der Waals surface area contributed by atoms with E-state index in [9.17, 15) is 0 Å². The van der Waals surface area contributed by atoms with Crippen LogP contribution in [0, 0.1) is 13.8 Å². The molecule has 2 heteroatoms. The lowest BCUT2D eigenvalue weighted by Gasteiger charge is -2.17. The summed E-state index contributed by atoms with van der Waals surface area (Å²) in [5.41, 5.74) is 6.62. The van der Waals surface area contributed by atoms with Crippen molar-refractivity contribution < 1.29 is 0 Å². The summed E-state index contributed by atoms with van der Waals surface area (Å²) in [4.78, 5) is 8.23. The molecule has 1 saturated carbocycles. The molecule has 1 aliphatic rings. The topological polar surface area (TPSA) is 24.7 Å². The van der Waals surface area contributed by atoms with Crippen molar-refractivity contribution in [1.29, 1.82) is 0 Å². The maximum Gasteiger partial charge on any atom is 0.0956 e. The molecule has 0 atom stereocenters. The number of rotatable bonds is 4. The number of aliphatic imine (C=N–C) groups is 2. The van der Waals surface area contributed by atoms with Crippen molar-refractivity contribution in [1.82, 2.24) is 0 Å². The van der Waals surface area contributed by atoms with Gasteiger partial charge in [-0.3, -0.25) is 9.98 Å². The predicted octanol–water partition coefficient (Wildman–Crippen LogP) is 4.49. The van der Waals surface area contributed by atoms with Crippen LogP contribution in [0.25, 0.3) is 6.08 Å². The standard InChI is InChI=1S/C15H18N2/c1-6-12-13(11-7-8-11)9(2)10(3)14(16-4)15(12)17-5/h6,11H,1,4-5,7-8H2,2-3H3. The molecule has 0 N–H and O–H groups in total. The van der Waals surface area contributed by atoms with Gasteiger partial charge in [0.2, 0.25) is 0 Å². The Kier molecular flexibility index (Phi) is 2.97. The first-order valence-corrected chi connectivity index (χ1v) is 5.88. The van der Waals surface area contributed by atoms with Crippen molar-refractivity contribution in [3.63, 3.8) is 0 Å². The van der Waals surface area contributed by atoms with E-state index < -0.39 is 0 Å². The monoisotopic (exact) mass is 226 g/mol. The first-order chi connectivity index (χ1) is 8.15. The van der Waals surface area contributed by atoms with Gasteiger partial charge in [0.05, 0.1) is 11.4 Å². The zero-order chi connectivity index (χ0) is 12.6. The van der Waals surface area contributed by atoms with E-state index in [1.165, 1.54) is 24.0 Å². The van der Waals surface area contributed by atoms with Gasteiger partial charge >= 0.3 is 0 Å². The van der Waals surface area contributed by atoms with Gasteiger partial charge in [0.25, 0.3) is 0 Å². The van der Waals surface area contributed by atoms with Gasteiger partial charge in [-0.05, 0) is 62.7 Å². The third-order valence-electron chi connectivity index (χ3n) is 3.60. The molecular weight excluding hydrogens is 208 g/mol. The third-order valence-corrected chi connectivity index (χ3v) is 3.60. The van der Waals surface area contributed by atoms with Gasteiger partial charge in [-0.25, -0.2) is 0 Å². The van der Waals surface area contributed by atoms with E-state index in [1.54, 1.807) is 0 Å². The van der Waals surface area contributed by atoms with E-state index in [0.717, 1.165) is 22.5 Å². The summed E-state index contributed by atoms with van der Waals surface area (Å²) in [5, 5.41) is 0. The quantitative estimate of drug-likeness (QED) is 0.676. The summed E-state index contributed by atoms with van der Waals surface area (Å²) in [6.45, 7) is 15.4. The van der Waals surface area contributed by atoms with E-state index in [2.05, 4.69) is 43.8 Å². The molecule has 2 nitrogen and oxygen atoms in total. The maximum absolute atomic E-state index is 4.13. The average Bonchev–Trinajstić information content (AvgIpc) is 3.15. The molecule has 0 saturated heterocycles. The fourth-order valence-corrected chi connectivity index (χ4v) is 2.47. The van der Waals surface area contributed by atoms with Crippen LogP contribution in [0.1, 0.15) is 41.0 Å². The van der Waals surface area contributed by atoms with Crippen molar-refractivity contribution in [3.8, 4) is 0 Å². The minimum absolute atomic E-state index is 0.668. The molecule has 0 unspecified atom stereocenters. The molecule has 0 aromatic heterocycles. The molecule has 1 aromatic rings. The summed E-state index contributed by atoms with van der Waals surface area (Å²) in [7, 11) is 0. The Bertz CT molecular complexity index is 508. The molecule has 1 fully saturated rings. The second kappa shape index (κ2) is 4.28. The highest BCUT2D eigenvalue weighted by Crippen LogP contribution is 2.49. The molecule has 2 rings (SSSR count). The smallest absolute Gasteiger partial charge is 0.0956 e. The zero-order valence-corrected chi connectivity index (χ0v) is 10.6. The molecule has 0 radical (unpaired) electrons. The van der Waals surface area contributed by atoms with Crippen LogP contribution >= 0.6 is 0 Å². The highest BCUT2D eigenvalue weighted by molar-refractivity contribution is 5.83. The van der Waals surface area contributed by atoms with E-state index in [1.807, 2.05) is 6.08 Å². The van der Waals surface area contributed by atoms with Crippen LogP contribution < -0.4 is 0 Å². The predicted molar refractivity (Wildman–Crippen MR) is 76.4 cm³/mol. The Balaban J connectivity index is 2.84. The van der Waals surface area contributed by atoms with Gasteiger partial charge in [-0.15, -0.1) is 0 Å². The van der Waals surface area contributed by atoms with E-state index >= 15 is 0 Å². The molecule has 1 aliphatic carbocycles. The van der Waals surface area contributed by atoms with Gasteiger partial charge in [0, 0.05) is 5.56 Å². The molecule has 0 spiro atoms. The zero-order valence-electron chi connectivity index (χ0n) is 10.6. The van der Waals surface area contributed by atoms with Crippen LogP contribution in [0.15, 0.2) is 16.6 Å². The number of nitrogens with zero attached hydrogens (tertiary/aromatic N) is 2. The molecule has 0 amide bonds. The second-order valence-corrected chi connectivity index (χ2v) is 4.57. The van der Waals surface area contributed by atoms with Gasteiger partial charge in [-0.2, -0.15) is 0 Å². The average molecular weight is 226 g/mol. The maximum atomic E-state index is 4.13. The fourth-order valence-electron chi connectivity index (χ4n) is 2.47. The van der Waals surface area contributed by atoms with Crippen molar-refractivity contribution in [2.45, 2.75) is 32.6 Å². The highest BCUT2D eigenvalue weighted by atomic mass is 14.8. The number of hydrogen-bond donors (Lipinski definition) is 0. The normalized spacial score (nSPS) is 14.5. The number of benzene rings is 1. The Morgan fingerprint density at radius 2 is 1.65 bits per heavy atom. The minimum atomic E-state index is 0.668. The van der Waals surface area contributed by atoms with Gasteiger partial charge in [-0.1, -0.05) is 12.7 Å². The van der Waals surface area contributed by atoms with E-state index in [-0.39, 0.29) is 0 Å². The molecule has 0 heterocycles. The minimum Gasteiger partial charge on any atom is -0.262 e. The molecular formula is C15H18N2. The molecule has 17 heavy (non-hydrogen) atoms. The Hall–Kier alpha value is -1.70. The Labute approximate surface area is 103 Å². The lowest BCUT2D eigenvalue weighted by atomic mass is 9.91. The van der Waals surface area contributed by atoms with Crippen molar-refractivity contribution in [3.05, 3.63) is 28.8 Å². The lowest BCUT2D eigenvalue weighted by Crippen LogP contribution is -1.96. The van der Waals surface area contributed by atoms with Crippen molar-refractivity contribution in [2.24, 2.45) is 9.98 Å². The molecule has 1 aromatic carbocycles. The summed E-state index contributed by atoms with van der Waals surface area (Å²) in [5.74, 6) is 0.668. The van der Waals surface area contributed by atoms with Crippen LogP contribution in [0.4, 0.5) is 11.4 Å². The second-order valence-electron chi connectivity index (χ2n) is 4.57. The van der Waals surface area contributed by atoms with Crippen LogP contribution in [0.3, 0.4) is 0 Å².